The summed E-state index contributed by atoms with van der Waals surface area (Å²) in [5, 5.41) is 9.13. The summed E-state index contributed by atoms with van der Waals surface area (Å²) in [5.74, 6) is -1.33. The molecule has 2 unspecified atom stereocenters. The third-order valence-electron chi connectivity index (χ3n) is 6.13. The van der Waals surface area contributed by atoms with Crippen LogP contribution < -0.4 is 0 Å². The molecule has 0 amide bonds. The van der Waals surface area contributed by atoms with Crippen molar-refractivity contribution in [3.63, 3.8) is 0 Å². The van der Waals surface area contributed by atoms with Crippen molar-refractivity contribution in [3.8, 4) is 0 Å². The molecule has 0 aromatic heterocycles. The van der Waals surface area contributed by atoms with Crippen molar-refractivity contribution in [2.75, 3.05) is 27.2 Å². The number of nitrogens with zero attached hydrogens (tertiary/aromatic N) is 1. The Labute approximate surface area is 186 Å². The van der Waals surface area contributed by atoms with Crippen molar-refractivity contribution >= 4 is 11.9 Å². The van der Waals surface area contributed by atoms with Gasteiger partial charge in [-0.3, -0.25) is 9.59 Å². The first-order chi connectivity index (χ1) is 14.2. The number of quaternary nitrogens is 1. The lowest BCUT2D eigenvalue weighted by Gasteiger charge is -2.32. The highest BCUT2D eigenvalue weighted by Crippen LogP contribution is 2.17. The molecule has 0 aliphatic heterocycles. The summed E-state index contributed by atoms with van der Waals surface area (Å²) in [6.07, 6.45) is 15.8. The maximum absolute atomic E-state index is 12.4. The number of rotatable bonds is 20. The van der Waals surface area contributed by atoms with Crippen LogP contribution in [0.25, 0.3) is 0 Å². The van der Waals surface area contributed by atoms with Gasteiger partial charge in [0.25, 0.3) is 0 Å². The molecule has 0 spiro atoms. The molecule has 178 valence electrons. The first-order valence-electron chi connectivity index (χ1n) is 12.5. The Morgan fingerprint density at radius 2 is 1.30 bits per heavy atom. The van der Waals surface area contributed by atoms with E-state index in [1.165, 1.54) is 64.2 Å². The van der Waals surface area contributed by atoms with E-state index in [1.54, 1.807) is 0 Å². The minimum Gasteiger partial charge on any atom is -0.481 e. The fraction of sp³-hybridized carbons (Fsp3) is 0.920. The number of carboxylic acid groups (broad SMARTS) is 1. The molecule has 0 saturated carbocycles. The van der Waals surface area contributed by atoms with E-state index in [2.05, 4.69) is 13.8 Å². The summed E-state index contributed by atoms with van der Waals surface area (Å²) < 4.78 is 6.22. The zero-order valence-electron chi connectivity index (χ0n) is 20.6. The molecule has 5 heteroatoms. The molecule has 0 fully saturated rings. The van der Waals surface area contributed by atoms with Crippen LogP contribution in [0.5, 0.6) is 0 Å². The van der Waals surface area contributed by atoms with Crippen LogP contribution in [0, 0.1) is 5.92 Å². The first kappa shape index (κ1) is 28.9. The Kier molecular flexibility index (Phi) is 16.9. The molecule has 0 aliphatic carbocycles. The van der Waals surface area contributed by atoms with Gasteiger partial charge in [-0.25, -0.2) is 0 Å². The first-order valence-corrected chi connectivity index (χ1v) is 12.5. The van der Waals surface area contributed by atoms with E-state index in [9.17, 15) is 9.59 Å². The van der Waals surface area contributed by atoms with E-state index in [4.69, 9.17) is 9.84 Å². The van der Waals surface area contributed by atoms with Crippen LogP contribution in [0.15, 0.2) is 0 Å². The average Bonchev–Trinajstić information content (AvgIpc) is 2.67. The molecule has 0 heterocycles. The van der Waals surface area contributed by atoms with Crippen molar-refractivity contribution in [2.45, 2.75) is 117 Å². The Bertz CT molecular complexity index is 450. The van der Waals surface area contributed by atoms with E-state index < -0.39 is 12.1 Å². The smallest absolute Gasteiger partial charge is 0.309 e. The quantitative estimate of drug-likeness (QED) is 0.142. The summed E-state index contributed by atoms with van der Waals surface area (Å²) in [6, 6.07) is 0. The Hall–Kier alpha value is -1.10. The highest BCUT2D eigenvalue weighted by atomic mass is 16.5. The molecule has 2 atom stereocenters. The average molecular weight is 429 g/mol. The number of esters is 1. The zero-order chi connectivity index (χ0) is 22.8. The predicted molar refractivity (Wildman–Crippen MR) is 125 cm³/mol. The van der Waals surface area contributed by atoms with Crippen molar-refractivity contribution in [2.24, 2.45) is 5.92 Å². The predicted octanol–water partition coefficient (Wildman–Crippen LogP) is 6.20. The minimum atomic E-state index is -0.919. The van der Waals surface area contributed by atoms with Gasteiger partial charge in [0.1, 0.15) is 6.54 Å². The summed E-state index contributed by atoms with van der Waals surface area (Å²) in [6.45, 7) is 7.60. The second-order valence-corrected chi connectivity index (χ2v) is 9.67. The maximum Gasteiger partial charge on any atom is 0.309 e. The molecule has 0 radical (unpaired) electrons. The monoisotopic (exact) mass is 428 g/mol. The largest absolute Gasteiger partial charge is 0.481 e. The summed E-state index contributed by atoms with van der Waals surface area (Å²) in [5.41, 5.74) is 0. The molecule has 0 bridgehead atoms. The number of likely N-dealkylation sites (N-methyl/N-ethyl adjacent to an activating group) is 1. The molecule has 0 rings (SSSR count). The van der Waals surface area contributed by atoms with Gasteiger partial charge in [-0.15, -0.1) is 0 Å². The van der Waals surface area contributed by atoms with E-state index in [0.717, 1.165) is 25.8 Å². The van der Waals surface area contributed by atoms with Gasteiger partial charge in [-0.05, 0) is 13.3 Å². The summed E-state index contributed by atoms with van der Waals surface area (Å²) in [4.78, 5) is 23.6. The van der Waals surface area contributed by atoms with Gasteiger partial charge < -0.3 is 14.3 Å². The van der Waals surface area contributed by atoms with Crippen LogP contribution in [0.3, 0.4) is 0 Å². The van der Waals surface area contributed by atoms with Gasteiger partial charge in [0.2, 0.25) is 0 Å². The van der Waals surface area contributed by atoms with Gasteiger partial charge in [-0.1, -0.05) is 90.9 Å². The molecule has 5 nitrogen and oxygen atoms in total. The number of carboxylic acids is 1. The van der Waals surface area contributed by atoms with Crippen LogP contribution in [-0.4, -0.2) is 54.8 Å². The van der Waals surface area contributed by atoms with Gasteiger partial charge in [0.05, 0.1) is 33.0 Å². The topological polar surface area (TPSA) is 63.6 Å². The minimum absolute atomic E-state index is 0.126. The van der Waals surface area contributed by atoms with Gasteiger partial charge in [0, 0.05) is 0 Å². The third-order valence-corrected chi connectivity index (χ3v) is 6.13. The Morgan fingerprint density at radius 1 is 0.833 bits per heavy atom. The number of hydrogen-bond donors (Lipinski definition) is 1. The Morgan fingerprint density at radius 3 is 1.73 bits per heavy atom. The lowest BCUT2D eigenvalue weighted by atomic mass is 10.0. The standard InChI is InChI=1S/C25H49NO4/c1-6-8-9-10-11-12-13-14-15-16-17-18-19-22(3)25(29)30-23(20-24(27)28)21-26(4,5)7-2/h22-23H,6-21H2,1-5H3/p+1. The fourth-order valence-corrected chi connectivity index (χ4v) is 3.71. The highest BCUT2D eigenvalue weighted by Gasteiger charge is 2.28. The molecule has 30 heavy (non-hydrogen) atoms. The van der Waals surface area contributed by atoms with Gasteiger partial charge in [-0.2, -0.15) is 0 Å². The van der Waals surface area contributed by atoms with Crippen LogP contribution in [0.1, 0.15) is 111 Å². The van der Waals surface area contributed by atoms with Crippen LogP contribution in [-0.2, 0) is 14.3 Å². The number of unbranched alkanes of at least 4 members (excludes halogenated alkanes) is 11. The SMILES string of the molecule is CCCCCCCCCCCCCCC(C)C(=O)OC(CC(=O)O)C[N+](C)(C)CC. The second kappa shape index (κ2) is 17.6. The number of ether oxygens (including phenoxy) is 1. The number of carbonyl (C=O) groups is 2. The van der Waals surface area contributed by atoms with Gasteiger partial charge >= 0.3 is 11.9 Å². The number of aliphatic carboxylic acids is 1. The Balaban J connectivity index is 3.91. The molecule has 0 aromatic carbocycles. The van der Waals surface area contributed by atoms with E-state index >= 15 is 0 Å². The third kappa shape index (κ3) is 16.7. The normalized spacial score (nSPS) is 13.8. The van der Waals surface area contributed by atoms with E-state index in [0.29, 0.717) is 11.0 Å². The zero-order valence-corrected chi connectivity index (χ0v) is 20.6. The van der Waals surface area contributed by atoms with Crippen LogP contribution >= 0.6 is 0 Å². The molecular formula is C25H50NO4+. The van der Waals surface area contributed by atoms with Gasteiger partial charge in [0.15, 0.2) is 6.10 Å². The highest BCUT2D eigenvalue weighted by molar-refractivity contribution is 5.73. The van der Waals surface area contributed by atoms with Crippen molar-refractivity contribution in [1.29, 1.82) is 0 Å². The second-order valence-electron chi connectivity index (χ2n) is 9.67. The summed E-state index contributed by atoms with van der Waals surface area (Å²) in [7, 11) is 4.05. The summed E-state index contributed by atoms with van der Waals surface area (Å²) >= 11 is 0. The molecule has 0 saturated heterocycles. The van der Waals surface area contributed by atoms with Crippen molar-refractivity contribution in [3.05, 3.63) is 0 Å². The number of hydrogen-bond acceptors (Lipinski definition) is 3. The van der Waals surface area contributed by atoms with Crippen molar-refractivity contribution in [1.82, 2.24) is 0 Å². The van der Waals surface area contributed by atoms with E-state index in [1.807, 2.05) is 21.0 Å². The van der Waals surface area contributed by atoms with E-state index in [-0.39, 0.29) is 18.3 Å². The maximum atomic E-state index is 12.4. The molecule has 0 aliphatic rings. The molecular weight excluding hydrogens is 378 g/mol. The lowest BCUT2D eigenvalue weighted by molar-refractivity contribution is -0.891. The lowest BCUT2D eigenvalue weighted by Crippen LogP contribution is -2.47. The number of carbonyl (C=O) groups excluding carboxylic acids is 1. The van der Waals surface area contributed by atoms with Crippen LogP contribution in [0.2, 0.25) is 0 Å². The van der Waals surface area contributed by atoms with Crippen molar-refractivity contribution < 1.29 is 23.9 Å². The molecule has 1 N–H and O–H groups in total. The fourth-order valence-electron chi connectivity index (χ4n) is 3.71. The van der Waals surface area contributed by atoms with Crippen LogP contribution in [0.4, 0.5) is 0 Å². The molecule has 0 aromatic rings.